The molecule has 34 heavy (non-hydrogen) atoms. The fourth-order valence-electron chi connectivity index (χ4n) is 10.1. The van der Waals surface area contributed by atoms with Gasteiger partial charge in [-0.2, -0.15) is 0 Å². The lowest BCUT2D eigenvalue weighted by atomic mass is 9.46. The van der Waals surface area contributed by atoms with Crippen LogP contribution in [0.25, 0.3) is 0 Å². The van der Waals surface area contributed by atoms with Crippen LogP contribution in [0.3, 0.4) is 0 Å². The predicted molar refractivity (Wildman–Crippen MR) is 135 cm³/mol. The fourth-order valence-corrected chi connectivity index (χ4v) is 10.1. The van der Waals surface area contributed by atoms with Crippen LogP contribution in [0.5, 0.6) is 0 Å². The number of rotatable bonds is 7. The van der Waals surface area contributed by atoms with Crippen molar-refractivity contribution in [2.24, 2.45) is 64.1 Å². The SMILES string of the molecule is COC(=O)C(CC[C@@H](C)[C@H]1CC[C@H]2[C@@H]3CC[C@@H]4[C@@H](C(=O)OC)CC[C@]4(C)[C@H]3CC[C@]12C)C(C)C. The third kappa shape index (κ3) is 4.13. The van der Waals surface area contributed by atoms with Crippen LogP contribution >= 0.6 is 0 Å². The Bertz CT molecular complexity index is 761. The number of hydrogen-bond acceptors (Lipinski definition) is 4. The average molecular weight is 475 g/mol. The van der Waals surface area contributed by atoms with Gasteiger partial charge < -0.3 is 9.47 Å². The minimum absolute atomic E-state index is 0.0218. The van der Waals surface area contributed by atoms with E-state index in [0.717, 1.165) is 42.9 Å². The van der Waals surface area contributed by atoms with Crippen molar-refractivity contribution in [2.45, 2.75) is 98.8 Å². The number of carbonyl (C=O) groups is 2. The molecule has 10 atom stereocenters. The van der Waals surface area contributed by atoms with Crippen molar-refractivity contribution < 1.29 is 19.1 Å². The molecule has 1 unspecified atom stereocenters. The number of carbonyl (C=O) groups excluding carboxylic acids is 2. The second-order valence-electron chi connectivity index (χ2n) is 13.4. The molecule has 4 fully saturated rings. The molecule has 0 heterocycles. The first-order chi connectivity index (χ1) is 16.1. The number of methoxy groups -OCH3 is 2. The second-order valence-corrected chi connectivity index (χ2v) is 13.4. The number of esters is 2. The van der Waals surface area contributed by atoms with E-state index in [0.29, 0.717) is 28.6 Å². The molecule has 4 nitrogen and oxygen atoms in total. The number of hydrogen-bond donors (Lipinski definition) is 0. The van der Waals surface area contributed by atoms with Crippen LogP contribution in [0.2, 0.25) is 0 Å². The van der Waals surface area contributed by atoms with Gasteiger partial charge in [0.1, 0.15) is 0 Å². The zero-order valence-corrected chi connectivity index (χ0v) is 22.9. The molecule has 0 spiro atoms. The monoisotopic (exact) mass is 474 g/mol. The maximum absolute atomic E-state index is 12.5. The maximum atomic E-state index is 12.5. The molecular formula is C30H50O4. The maximum Gasteiger partial charge on any atom is 0.308 e. The Balaban J connectivity index is 1.45. The largest absolute Gasteiger partial charge is 0.469 e. The first-order valence-electron chi connectivity index (χ1n) is 14.2. The van der Waals surface area contributed by atoms with Crippen molar-refractivity contribution in [3.63, 3.8) is 0 Å². The van der Waals surface area contributed by atoms with Crippen molar-refractivity contribution in [1.29, 1.82) is 0 Å². The van der Waals surface area contributed by atoms with Crippen molar-refractivity contribution in [3.8, 4) is 0 Å². The molecule has 0 N–H and O–H groups in total. The van der Waals surface area contributed by atoms with Crippen LogP contribution in [0.1, 0.15) is 98.8 Å². The molecule has 4 aliphatic rings. The molecule has 4 rings (SSSR count). The molecule has 0 aliphatic heterocycles. The van der Waals surface area contributed by atoms with Crippen LogP contribution in [-0.2, 0) is 19.1 Å². The highest BCUT2D eigenvalue weighted by Crippen LogP contribution is 2.69. The van der Waals surface area contributed by atoms with E-state index in [1.165, 1.54) is 52.1 Å². The van der Waals surface area contributed by atoms with Gasteiger partial charge in [0.25, 0.3) is 0 Å². The Kier molecular flexibility index (Phi) is 7.48. The Labute approximate surface area is 208 Å². The molecule has 0 aromatic rings. The summed E-state index contributed by atoms with van der Waals surface area (Å²) in [5.41, 5.74) is 0.751. The predicted octanol–water partition coefficient (Wildman–Crippen LogP) is 6.91. The molecule has 0 bridgehead atoms. The quantitative estimate of drug-likeness (QED) is 0.376. The molecular weight excluding hydrogens is 424 g/mol. The van der Waals surface area contributed by atoms with E-state index in [1.807, 2.05) is 0 Å². The van der Waals surface area contributed by atoms with Gasteiger partial charge in [0, 0.05) is 0 Å². The molecule has 0 aromatic heterocycles. The standard InChI is InChI=1S/C30H50O4/c1-18(2)20(27(31)33-6)9-8-19(3)23-12-13-24-21-10-11-25-22(28(32)34-7)14-16-30(25,5)26(21)15-17-29(23,24)4/h18-26H,8-17H2,1-7H3/t19-,20?,21+,22+,23-,24+,25-,26+,29-,30+/m1/s1. The molecule has 4 heteroatoms. The smallest absolute Gasteiger partial charge is 0.308 e. The molecule has 4 saturated carbocycles. The van der Waals surface area contributed by atoms with E-state index >= 15 is 0 Å². The third-order valence-corrected chi connectivity index (χ3v) is 11.9. The summed E-state index contributed by atoms with van der Waals surface area (Å²) in [6, 6.07) is 0. The molecule has 0 amide bonds. The van der Waals surface area contributed by atoms with Crippen molar-refractivity contribution >= 4 is 11.9 Å². The summed E-state index contributed by atoms with van der Waals surface area (Å²) in [4.78, 5) is 24.8. The first kappa shape index (κ1) is 26.0. The summed E-state index contributed by atoms with van der Waals surface area (Å²) in [5.74, 6) is 4.85. The van der Waals surface area contributed by atoms with E-state index in [2.05, 4.69) is 34.6 Å². The van der Waals surface area contributed by atoms with Gasteiger partial charge in [0.15, 0.2) is 0 Å². The van der Waals surface area contributed by atoms with Crippen LogP contribution in [0.4, 0.5) is 0 Å². The summed E-state index contributed by atoms with van der Waals surface area (Å²) in [7, 11) is 3.08. The Hall–Kier alpha value is -1.06. The lowest BCUT2D eigenvalue weighted by Gasteiger charge is -2.58. The second kappa shape index (κ2) is 9.77. The first-order valence-corrected chi connectivity index (χ1v) is 14.2. The highest BCUT2D eigenvalue weighted by atomic mass is 16.5. The lowest BCUT2D eigenvalue weighted by Crippen LogP contribution is -2.51. The highest BCUT2D eigenvalue weighted by molar-refractivity contribution is 5.73. The normalized spacial score (nSPS) is 42.9. The van der Waals surface area contributed by atoms with Gasteiger partial charge in [-0.3, -0.25) is 9.59 Å². The fraction of sp³-hybridized carbons (Fsp3) is 0.933. The van der Waals surface area contributed by atoms with Crippen molar-refractivity contribution in [3.05, 3.63) is 0 Å². The van der Waals surface area contributed by atoms with E-state index in [1.54, 1.807) is 7.11 Å². The third-order valence-electron chi connectivity index (χ3n) is 11.9. The Morgan fingerprint density at radius 2 is 1.44 bits per heavy atom. The molecule has 0 radical (unpaired) electrons. The van der Waals surface area contributed by atoms with Crippen LogP contribution in [0.15, 0.2) is 0 Å². The van der Waals surface area contributed by atoms with Gasteiger partial charge in [-0.25, -0.2) is 0 Å². The summed E-state index contributed by atoms with van der Waals surface area (Å²) in [6.45, 7) is 11.9. The minimum Gasteiger partial charge on any atom is -0.469 e. The van der Waals surface area contributed by atoms with Crippen molar-refractivity contribution in [2.75, 3.05) is 14.2 Å². The molecule has 0 saturated heterocycles. The van der Waals surface area contributed by atoms with Crippen LogP contribution in [0, 0.1) is 64.1 Å². The topological polar surface area (TPSA) is 52.6 Å². The number of ether oxygens (including phenoxy) is 2. The summed E-state index contributed by atoms with van der Waals surface area (Å²) < 4.78 is 10.3. The Morgan fingerprint density at radius 1 is 0.794 bits per heavy atom. The summed E-state index contributed by atoms with van der Waals surface area (Å²) >= 11 is 0. The Morgan fingerprint density at radius 3 is 2.09 bits per heavy atom. The van der Waals surface area contributed by atoms with E-state index in [4.69, 9.17) is 9.47 Å². The van der Waals surface area contributed by atoms with Gasteiger partial charge in [0.2, 0.25) is 0 Å². The van der Waals surface area contributed by atoms with E-state index in [9.17, 15) is 9.59 Å². The van der Waals surface area contributed by atoms with Crippen LogP contribution < -0.4 is 0 Å². The van der Waals surface area contributed by atoms with E-state index < -0.39 is 0 Å². The van der Waals surface area contributed by atoms with Crippen molar-refractivity contribution in [1.82, 2.24) is 0 Å². The van der Waals surface area contributed by atoms with Gasteiger partial charge in [-0.15, -0.1) is 0 Å². The molecule has 194 valence electrons. The zero-order chi connectivity index (χ0) is 24.8. The minimum atomic E-state index is -0.0370. The van der Waals surface area contributed by atoms with Gasteiger partial charge in [-0.1, -0.05) is 34.6 Å². The highest BCUT2D eigenvalue weighted by Gasteiger charge is 2.62. The van der Waals surface area contributed by atoms with Gasteiger partial charge in [0.05, 0.1) is 26.1 Å². The number of fused-ring (bicyclic) bond motifs is 5. The molecule has 0 aromatic carbocycles. The van der Waals surface area contributed by atoms with Crippen LogP contribution in [-0.4, -0.2) is 26.2 Å². The van der Waals surface area contributed by atoms with Gasteiger partial charge in [-0.05, 0) is 116 Å². The molecule has 4 aliphatic carbocycles. The average Bonchev–Trinajstić information content (AvgIpc) is 3.34. The lowest BCUT2D eigenvalue weighted by molar-refractivity contribution is -0.151. The summed E-state index contributed by atoms with van der Waals surface area (Å²) in [6.07, 6.45) is 12.2. The van der Waals surface area contributed by atoms with E-state index in [-0.39, 0.29) is 23.8 Å². The summed E-state index contributed by atoms with van der Waals surface area (Å²) in [5, 5.41) is 0. The zero-order valence-electron chi connectivity index (χ0n) is 22.9. The van der Waals surface area contributed by atoms with Gasteiger partial charge >= 0.3 is 11.9 Å².